The van der Waals surface area contributed by atoms with E-state index in [-0.39, 0.29) is 19.0 Å². The van der Waals surface area contributed by atoms with Crippen LogP contribution in [0.3, 0.4) is 0 Å². The highest BCUT2D eigenvalue weighted by atomic mass is 19.4. The first-order chi connectivity index (χ1) is 7.04. The molecule has 2 N–H and O–H groups in total. The van der Waals surface area contributed by atoms with Gasteiger partial charge in [0.1, 0.15) is 0 Å². The third-order valence-electron chi connectivity index (χ3n) is 2.59. The summed E-state index contributed by atoms with van der Waals surface area (Å²) < 4.78 is 42.0. The van der Waals surface area contributed by atoms with Crippen molar-refractivity contribution in [3.8, 4) is 0 Å². The normalized spacial score (nSPS) is 20.8. The van der Waals surface area contributed by atoms with Gasteiger partial charge in [-0.1, -0.05) is 0 Å². The van der Waals surface area contributed by atoms with Crippen molar-refractivity contribution in [1.82, 2.24) is 4.90 Å². The fourth-order valence-corrected chi connectivity index (χ4v) is 1.69. The average Bonchev–Trinajstić information content (AvgIpc) is 2.18. The summed E-state index contributed by atoms with van der Waals surface area (Å²) in [5.41, 5.74) is 5.24. The predicted molar refractivity (Wildman–Crippen MR) is 50.2 cm³/mol. The SMILES string of the molecule is NCCOCC1CCN(C(F)(F)F)CC1. The maximum atomic E-state index is 12.3. The van der Waals surface area contributed by atoms with Gasteiger partial charge in [-0.3, -0.25) is 0 Å². The van der Waals surface area contributed by atoms with Gasteiger partial charge < -0.3 is 10.5 Å². The zero-order valence-electron chi connectivity index (χ0n) is 8.59. The van der Waals surface area contributed by atoms with E-state index in [1.165, 1.54) is 0 Å². The summed E-state index contributed by atoms with van der Waals surface area (Å²) in [5, 5.41) is 0. The van der Waals surface area contributed by atoms with Gasteiger partial charge in [0, 0.05) is 26.2 Å². The molecule has 0 saturated carbocycles. The molecule has 0 aromatic rings. The van der Waals surface area contributed by atoms with Crippen LogP contribution < -0.4 is 5.73 Å². The molecular formula is C9H17F3N2O. The average molecular weight is 226 g/mol. The van der Waals surface area contributed by atoms with E-state index in [1.54, 1.807) is 0 Å². The molecule has 0 aliphatic carbocycles. The molecule has 0 radical (unpaired) electrons. The lowest BCUT2D eigenvalue weighted by atomic mass is 9.98. The summed E-state index contributed by atoms with van der Waals surface area (Å²) in [6.45, 7) is 1.64. The van der Waals surface area contributed by atoms with E-state index in [1.807, 2.05) is 0 Å². The van der Waals surface area contributed by atoms with E-state index < -0.39 is 6.30 Å². The van der Waals surface area contributed by atoms with Gasteiger partial charge in [0.25, 0.3) is 0 Å². The van der Waals surface area contributed by atoms with Gasteiger partial charge in [0.05, 0.1) is 6.61 Å². The number of likely N-dealkylation sites (tertiary alicyclic amines) is 1. The molecule has 0 bridgehead atoms. The number of halogens is 3. The second-order valence-corrected chi connectivity index (χ2v) is 3.76. The molecule has 1 heterocycles. The molecule has 0 aromatic carbocycles. The molecule has 0 aromatic heterocycles. The zero-order valence-corrected chi connectivity index (χ0v) is 8.59. The van der Waals surface area contributed by atoms with E-state index in [9.17, 15) is 13.2 Å². The van der Waals surface area contributed by atoms with E-state index in [0.29, 0.717) is 37.5 Å². The highest BCUT2D eigenvalue weighted by molar-refractivity contribution is 4.73. The molecule has 0 spiro atoms. The summed E-state index contributed by atoms with van der Waals surface area (Å²) in [5.74, 6) is 0.246. The first-order valence-corrected chi connectivity index (χ1v) is 5.13. The van der Waals surface area contributed by atoms with Crippen LogP contribution in [-0.4, -0.2) is 44.0 Å². The molecule has 1 fully saturated rings. The van der Waals surface area contributed by atoms with Crippen LogP contribution in [0.5, 0.6) is 0 Å². The molecular weight excluding hydrogens is 209 g/mol. The van der Waals surface area contributed by atoms with Gasteiger partial charge in [-0.2, -0.15) is 13.2 Å². The van der Waals surface area contributed by atoms with Gasteiger partial charge in [0.15, 0.2) is 0 Å². The van der Waals surface area contributed by atoms with Gasteiger partial charge in [-0.15, -0.1) is 0 Å². The second-order valence-electron chi connectivity index (χ2n) is 3.76. The molecule has 90 valence electrons. The van der Waals surface area contributed by atoms with Crippen LogP contribution in [0.1, 0.15) is 12.8 Å². The van der Waals surface area contributed by atoms with Crippen molar-refractivity contribution in [2.45, 2.75) is 19.1 Å². The Kier molecular flexibility index (Phi) is 4.82. The standard InChI is InChI=1S/C9H17F3N2O/c10-9(11,12)14-4-1-8(2-5-14)7-15-6-3-13/h8H,1-7,13H2. The molecule has 15 heavy (non-hydrogen) atoms. The largest absolute Gasteiger partial charge is 0.459 e. The minimum absolute atomic E-state index is 0.0835. The maximum Gasteiger partial charge on any atom is 0.459 e. The van der Waals surface area contributed by atoms with Crippen LogP contribution in [0.2, 0.25) is 0 Å². The molecule has 0 amide bonds. The minimum Gasteiger partial charge on any atom is -0.380 e. The minimum atomic E-state index is -4.18. The second kappa shape index (κ2) is 5.67. The van der Waals surface area contributed by atoms with Crippen LogP contribution in [-0.2, 0) is 4.74 Å². The van der Waals surface area contributed by atoms with Crippen molar-refractivity contribution < 1.29 is 17.9 Å². The fraction of sp³-hybridized carbons (Fsp3) is 1.00. The van der Waals surface area contributed by atoms with E-state index in [2.05, 4.69) is 0 Å². The molecule has 3 nitrogen and oxygen atoms in total. The Morgan fingerprint density at radius 1 is 1.27 bits per heavy atom. The third-order valence-corrected chi connectivity index (χ3v) is 2.59. The van der Waals surface area contributed by atoms with Crippen molar-refractivity contribution >= 4 is 0 Å². The van der Waals surface area contributed by atoms with E-state index in [4.69, 9.17) is 10.5 Å². The van der Waals surface area contributed by atoms with Crippen LogP contribution in [0.25, 0.3) is 0 Å². The molecule has 0 atom stereocenters. The van der Waals surface area contributed by atoms with Gasteiger partial charge in [0.2, 0.25) is 0 Å². The highest BCUT2D eigenvalue weighted by Crippen LogP contribution is 2.27. The van der Waals surface area contributed by atoms with Gasteiger partial charge >= 0.3 is 6.30 Å². The predicted octanol–water partition coefficient (Wildman–Crippen LogP) is 1.19. The molecule has 6 heteroatoms. The van der Waals surface area contributed by atoms with Crippen LogP contribution in [0.15, 0.2) is 0 Å². The van der Waals surface area contributed by atoms with Crippen molar-refractivity contribution in [1.29, 1.82) is 0 Å². The summed E-state index contributed by atoms with van der Waals surface area (Å²) in [4.78, 5) is 0.562. The van der Waals surface area contributed by atoms with Gasteiger partial charge in [-0.25, -0.2) is 4.90 Å². The van der Waals surface area contributed by atoms with E-state index in [0.717, 1.165) is 0 Å². The smallest absolute Gasteiger partial charge is 0.380 e. The number of rotatable bonds is 4. The Bertz CT molecular complexity index is 179. The van der Waals surface area contributed by atoms with Crippen LogP contribution >= 0.6 is 0 Å². The highest BCUT2D eigenvalue weighted by Gasteiger charge is 2.38. The number of ether oxygens (including phenoxy) is 1. The Hall–Kier alpha value is -0.330. The lowest BCUT2D eigenvalue weighted by Crippen LogP contribution is -2.44. The molecule has 0 unspecified atom stereocenters. The lowest BCUT2D eigenvalue weighted by Gasteiger charge is -2.32. The number of hydrogen-bond acceptors (Lipinski definition) is 3. The number of piperidine rings is 1. The summed E-state index contributed by atoms with van der Waals surface area (Å²) in [7, 11) is 0. The number of alkyl halides is 3. The lowest BCUT2D eigenvalue weighted by molar-refractivity contribution is -0.252. The third kappa shape index (κ3) is 4.36. The van der Waals surface area contributed by atoms with Crippen molar-refractivity contribution in [2.75, 3.05) is 32.8 Å². The van der Waals surface area contributed by atoms with Gasteiger partial charge in [-0.05, 0) is 18.8 Å². The molecule has 1 aliphatic heterocycles. The maximum absolute atomic E-state index is 12.3. The van der Waals surface area contributed by atoms with Crippen LogP contribution in [0.4, 0.5) is 13.2 Å². The number of hydrogen-bond donors (Lipinski definition) is 1. The molecule has 1 rings (SSSR count). The molecule has 1 aliphatic rings. The molecule has 1 saturated heterocycles. The Balaban J connectivity index is 2.18. The van der Waals surface area contributed by atoms with Crippen molar-refractivity contribution in [3.05, 3.63) is 0 Å². The fourth-order valence-electron chi connectivity index (χ4n) is 1.69. The number of nitrogens with zero attached hydrogens (tertiary/aromatic N) is 1. The zero-order chi connectivity index (χ0) is 11.3. The Morgan fingerprint density at radius 3 is 2.33 bits per heavy atom. The first kappa shape index (κ1) is 12.7. The summed E-state index contributed by atoms with van der Waals surface area (Å²) in [6, 6.07) is 0. The van der Waals surface area contributed by atoms with Crippen LogP contribution in [0, 0.1) is 5.92 Å². The van der Waals surface area contributed by atoms with E-state index >= 15 is 0 Å². The summed E-state index contributed by atoms with van der Waals surface area (Å²) in [6.07, 6.45) is -3.09. The Morgan fingerprint density at radius 2 is 1.87 bits per heavy atom. The Labute approximate surface area is 87.4 Å². The topological polar surface area (TPSA) is 38.5 Å². The quantitative estimate of drug-likeness (QED) is 0.578. The first-order valence-electron chi connectivity index (χ1n) is 5.13. The van der Waals surface area contributed by atoms with Crippen molar-refractivity contribution in [2.24, 2.45) is 11.7 Å². The van der Waals surface area contributed by atoms with Crippen molar-refractivity contribution in [3.63, 3.8) is 0 Å². The summed E-state index contributed by atoms with van der Waals surface area (Å²) >= 11 is 0. The number of nitrogens with two attached hydrogens (primary N) is 1. The monoisotopic (exact) mass is 226 g/mol.